The number of phenolic OH excluding ortho intramolecular Hbond substituents is 1. The van der Waals surface area contributed by atoms with Crippen molar-refractivity contribution in [1.29, 1.82) is 0 Å². The van der Waals surface area contributed by atoms with E-state index in [1.165, 1.54) is 0 Å². The number of halogens is 6. The highest BCUT2D eigenvalue weighted by Gasteiger charge is 2.58. The van der Waals surface area contributed by atoms with Gasteiger partial charge in [0.1, 0.15) is 21.8 Å². The van der Waals surface area contributed by atoms with E-state index >= 15 is 4.39 Å². The molecule has 0 aliphatic heterocycles. The minimum absolute atomic E-state index is 0.0183. The molecule has 2 fully saturated rings. The Kier molecular flexibility index (Phi) is 10.4. The summed E-state index contributed by atoms with van der Waals surface area (Å²) in [4.78, 5) is 1.98. The number of hydrogen-bond donors (Lipinski definition) is 2. The van der Waals surface area contributed by atoms with E-state index < -0.39 is 46.7 Å². The van der Waals surface area contributed by atoms with E-state index in [0.29, 0.717) is 18.7 Å². The number of rotatable bonds is 14. The first kappa shape index (κ1) is 35.8. The van der Waals surface area contributed by atoms with Crippen molar-refractivity contribution in [3.63, 3.8) is 0 Å². The molecule has 7 atom stereocenters. The van der Waals surface area contributed by atoms with Crippen molar-refractivity contribution in [2.75, 3.05) is 31.6 Å². The lowest BCUT2D eigenvalue weighted by Gasteiger charge is -2.54. The Morgan fingerprint density at radius 1 is 1.00 bits per heavy atom. The van der Waals surface area contributed by atoms with Crippen molar-refractivity contribution in [3.8, 4) is 5.75 Å². The van der Waals surface area contributed by atoms with Crippen LogP contribution in [0.3, 0.4) is 0 Å². The van der Waals surface area contributed by atoms with Crippen LogP contribution in [0.4, 0.5) is 26.3 Å². The van der Waals surface area contributed by atoms with Gasteiger partial charge in [0.15, 0.2) is 0 Å². The van der Waals surface area contributed by atoms with Gasteiger partial charge in [0.25, 0.3) is 0 Å². The average molecular weight is 682 g/mol. The summed E-state index contributed by atoms with van der Waals surface area (Å²) < 4.78 is 104. The summed E-state index contributed by atoms with van der Waals surface area (Å²) in [5.74, 6) is -5.13. The van der Waals surface area contributed by atoms with Gasteiger partial charge in [-0.2, -0.15) is 22.0 Å². The molecule has 262 valence electrons. The summed E-state index contributed by atoms with van der Waals surface area (Å²) in [6, 6.07) is 1.69. The van der Waals surface area contributed by atoms with Gasteiger partial charge in [0.05, 0.1) is 17.6 Å². The van der Waals surface area contributed by atoms with Crippen molar-refractivity contribution in [2.24, 2.45) is 23.2 Å². The zero-order valence-corrected chi connectivity index (χ0v) is 27.7. The summed E-state index contributed by atoms with van der Waals surface area (Å²) in [6.07, 6.45) is -0.749. The zero-order valence-electron chi connectivity index (χ0n) is 26.9. The lowest BCUT2D eigenvalue weighted by Crippen LogP contribution is -2.45. The third-order valence-corrected chi connectivity index (χ3v) is 13.6. The average Bonchev–Trinajstić information content (AvgIpc) is 3.23. The zero-order chi connectivity index (χ0) is 33.7. The Morgan fingerprint density at radius 3 is 2.35 bits per heavy atom. The fourth-order valence-corrected chi connectivity index (χ4v) is 10.7. The van der Waals surface area contributed by atoms with Crippen LogP contribution < -0.4 is 0 Å². The van der Waals surface area contributed by atoms with Gasteiger partial charge in [-0.1, -0.05) is 19.8 Å². The monoisotopic (exact) mass is 681 g/mol. The standard InChI is InChI=1S/C34H49F6NO4S/c1-32-13-11-24-29-23-10-9-22(23)28(43)19-26(29)31(35)25(30(24)27(32)18-21(42)20-32)8-4-3-5-14-41(2)15-7-17-46(44,45)16-6-12-33(36,37)34(38,39)40/h19,21,24-25,27,30-31,42-43H,3-18,20H2,1-2H3/t21-,24-,25+,27+,30+,31-,32-/m1/s1. The summed E-state index contributed by atoms with van der Waals surface area (Å²) in [7, 11) is -1.88. The number of aliphatic hydroxyl groups is 1. The number of phenols is 1. The highest BCUT2D eigenvalue weighted by atomic mass is 32.2. The molecule has 0 spiro atoms. The second kappa shape index (κ2) is 13.4. The van der Waals surface area contributed by atoms with Gasteiger partial charge in [0.2, 0.25) is 0 Å². The van der Waals surface area contributed by atoms with Crippen LogP contribution in [0.2, 0.25) is 0 Å². The number of fused-ring (bicyclic) bond motifs is 7. The molecule has 2 N–H and O–H groups in total. The summed E-state index contributed by atoms with van der Waals surface area (Å²) >= 11 is 0. The fourth-order valence-electron chi connectivity index (χ4n) is 9.39. The number of sulfone groups is 1. The first-order valence-corrected chi connectivity index (χ1v) is 18.8. The molecule has 4 aliphatic rings. The second-order valence-corrected chi connectivity index (χ2v) is 17.3. The topological polar surface area (TPSA) is 77.8 Å². The molecule has 0 radical (unpaired) electrons. The van der Waals surface area contributed by atoms with Crippen LogP contribution in [-0.4, -0.2) is 73.4 Å². The second-order valence-electron chi connectivity index (χ2n) is 15.0. The largest absolute Gasteiger partial charge is 0.508 e. The van der Waals surface area contributed by atoms with Gasteiger partial charge < -0.3 is 15.1 Å². The maximum absolute atomic E-state index is 16.5. The van der Waals surface area contributed by atoms with Crippen LogP contribution in [-0.2, 0) is 22.7 Å². The molecule has 0 aromatic heterocycles. The molecule has 0 amide bonds. The Labute approximate surface area is 269 Å². The van der Waals surface area contributed by atoms with Gasteiger partial charge in [-0.15, -0.1) is 0 Å². The first-order valence-electron chi connectivity index (χ1n) is 17.0. The van der Waals surface area contributed by atoms with Gasteiger partial charge >= 0.3 is 12.1 Å². The van der Waals surface area contributed by atoms with Crippen LogP contribution in [0.15, 0.2) is 6.07 Å². The fraction of sp³-hybridized carbons (Fsp3) is 0.824. The van der Waals surface area contributed by atoms with Crippen molar-refractivity contribution < 1.29 is 45.0 Å². The normalized spacial score (nSPS) is 30.8. The lowest BCUT2D eigenvalue weighted by atomic mass is 9.51. The number of aromatic hydroxyl groups is 1. The van der Waals surface area contributed by atoms with Gasteiger partial charge in [-0.3, -0.25) is 0 Å². The number of nitrogens with zero attached hydrogens (tertiary/aromatic N) is 1. The van der Waals surface area contributed by atoms with Crippen LogP contribution in [0.1, 0.15) is 112 Å². The van der Waals surface area contributed by atoms with Crippen molar-refractivity contribution >= 4 is 9.84 Å². The predicted octanol–water partition coefficient (Wildman–Crippen LogP) is 7.68. The minimum atomic E-state index is -5.68. The molecule has 5 nitrogen and oxygen atoms in total. The van der Waals surface area contributed by atoms with Crippen LogP contribution >= 0.6 is 0 Å². The summed E-state index contributed by atoms with van der Waals surface area (Å²) in [5.41, 5.74) is 3.99. The molecule has 0 unspecified atom stereocenters. The van der Waals surface area contributed by atoms with Crippen molar-refractivity contribution in [1.82, 2.24) is 4.90 Å². The van der Waals surface area contributed by atoms with Gasteiger partial charge in [-0.05, 0) is 142 Å². The molecule has 4 aliphatic carbocycles. The molecular formula is C34H49F6NO4S. The van der Waals surface area contributed by atoms with E-state index in [1.54, 1.807) is 6.07 Å². The van der Waals surface area contributed by atoms with Crippen LogP contribution in [0, 0.1) is 23.2 Å². The highest BCUT2D eigenvalue weighted by molar-refractivity contribution is 7.91. The molecule has 46 heavy (non-hydrogen) atoms. The van der Waals surface area contributed by atoms with E-state index in [1.807, 2.05) is 11.9 Å². The number of aliphatic hydroxyl groups excluding tert-OH is 1. The number of unbranched alkanes of at least 4 members (excludes halogenated alkanes) is 2. The molecule has 1 aromatic rings. The number of alkyl halides is 6. The smallest absolute Gasteiger partial charge is 0.453 e. The Balaban J connectivity index is 1.10. The Hall–Kier alpha value is -1.53. The Bertz CT molecular complexity index is 1350. The van der Waals surface area contributed by atoms with Gasteiger partial charge in [-0.25, -0.2) is 12.8 Å². The van der Waals surface area contributed by atoms with Crippen LogP contribution in [0.5, 0.6) is 5.75 Å². The third kappa shape index (κ3) is 7.24. The third-order valence-electron chi connectivity index (χ3n) is 11.8. The maximum Gasteiger partial charge on any atom is 0.453 e. The van der Waals surface area contributed by atoms with E-state index in [-0.39, 0.29) is 53.1 Å². The van der Waals surface area contributed by atoms with Crippen molar-refractivity contribution in [2.45, 2.75) is 121 Å². The molecular weight excluding hydrogens is 632 g/mol. The molecule has 0 bridgehead atoms. The molecule has 1 aromatic carbocycles. The highest BCUT2D eigenvalue weighted by Crippen LogP contribution is 2.66. The summed E-state index contributed by atoms with van der Waals surface area (Å²) in [5, 5.41) is 21.3. The predicted molar refractivity (Wildman–Crippen MR) is 165 cm³/mol. The maximum atomic E-state index is 16.5. The molecule has 0 heterocycles. The number of hydrogen-bond acceptors (Lipinski definition) is 5. The van der Waals surface area contributed by atoms with E-state index in [4.69, 9.17) is 0 Å². The van der Waals surface area contributed by atoms with E-state index in [0.717, 1.165) is 80.9 Å². The molecule has 12 heteroatoms. The molecule has 0 saturated heterocycles. The van der Waals surface area contributed by atoms with Gasteiger partial charge in [0, 0.05) is 6.42 Å². The van der Waals surface area contributed by atoms with Crippen molar-refractivity contribution in [3.05, 3.63) is 28.3 Å². The molecule has 5 rings (SSSR count). The lowest BCUT2D eigenvalue weighted by molar-refractivity contribution is -0.284. The SMILES string of the molecule is CN(CCCCC[C@H]1[C@@H]2[C@H](CC[C@]3(C)C[C@H](O)C[C@@H]23)c2c(cc(O)c3c2CC3)[C@@H]1F)CCCS(=O)(=O)CCCC(F)(F)C(F)(F)F. The van der Waals surface area contributed by atoms with E-state index in [9.17, 15) is 40.6 Å². The van der Waals surface area contributed by atoms with Crippen LogP contribution in [0.25, 0.3) is 0 Å². The van der Waals surface area contributed by atoms with E-state index in [2.05, 4.69) is 6.92 Å². The molecule has 2 saturated carbocycles. The quantitative estimate of drug-likeness (QED) is 0.156. The summed E-state index contributed by atoms with van der Waals surface area (Å²) in [6.45, 7) is 3.42. The number of benzene rings is 1. The minimum Gasteiger partial charge on any atom is -0.508 e. The Morgan fingerprint density at radius 2 is 1.67 bits per heavy atom. The first-order chi connectivity index (χ1) is 21.4.